The van der Waals surface area contributed by atoms with Gasteiger partial charge in [0.15, 0.2) is 0 Å². The van der Waals surface area contributed by atoms with E-state index in [0.29, 0.717) is 34.0 Å². The van der Waals surface area contributed by atoms with Gasteiger partial charge in [0.1, 0.15) is 11.4 Å². The minimum atomic E-state index is -0.719. The van der Waals surface area contributed by atoms with Gasteiger partial charge in [0, 0.05) is 42.7 Å². The molecule has 4 aromatic rings. The molecule has 0 saturated heterocycles. The van der Waals surface area contributed by atoms with E-state index >= 15 is 4.39 Å². The third-order valence-corrected chi connectivity index (χ3v) is 7.55. The Morgan fingerprint density at radius 2 is 1.90 bits per heavy atom. The van der Waals surface area contributed by atoms with E-state index in [4.69, 9.17) is 16.3 Å². The van der Waals surface area contributed by atoms with Gasteiger partial charge < -0.3 is 14.6 Å². The van der Waals surface area contributed by atoms with Crippen LogP contribution in [-0.4, -0.2) is 27.1 Å². The molecule has 2 aromatic heterocycles. The lowest BCUT2D eigenvalue weighted by Crippen LogP contribution is -2.40. The molecule has 0 saturated carbocycles. The fourth-order valence-electron chi connectivity index (χ4n) is 5.04. The number of pyridine rings is 1. The molecule has 0 spiro atoms. The van der Waals surface area contributed by atoms with Gasteiger partial charge in [-0.1, -0.05) is 23.7 Å². The Hall–Kier alpha value is -4.24. The first-order chi connectivity index (χ1) is 18.6. The summed E-state index contributed by atoms with van der Waals surface area (Å²) < 4.78 is 22.9. The van der Waals surface area contributed by atoms with Crippen LogP contribution in [0.1, 0.15) is 33.5 Å². The van der Waals surface area contributed by atoms with E-state index in [1.165, 1.54) is 26.4 Å². The number of fused-ring (bicyclic) bond motifs is 1. The summed E-state index contributed by atoms with van der Waals surface area (Å²) in [5, 5.41) is 2.90. The van der Waals surface area contributed by atoms with Crippen LogP contribution < -0.4 is 21.3 Å². The number of ether oxygens (including phenoxy) is 1. The number of nitrogens with zero attached hydrogens (tertiary/aromatic N) is 3. The predicted octanol–water partition coefficient (Wildman–Crippen LogP) is 4.66. The van der Waals surface area contributed by atoms with Gasteiger partial charge in [0.05, 0.1) is 17.8 Å². The number of carbonyl (C=O) groups excluding carboxylic acids is 1. The van der Waals surface area contributed by atoms with Crippen LogP contribution in [0.25, 0.3) is 22.4 Å². The van der Waals surface area contributed by atoms with Gasteiger partial charge in [0.25, 0.3) is 11.5 Å². The van der Waals surface area contributed by atoms with E-state index in [1.807, 2.05) is 6.07 Å². The number of halogens is 2. The van der Waals surface area contributed by atoms with Crippen LogP contribution in [-0.2, 0) is 26.9 Å². The second-order valence-electron chi connectivity index (χ2n) is 9.52. The number of nitrogens with one attached hydrogen (secondary N) is 1. The molecular formula is C29H26ClFN4O4. The zero-order chi connectivity index (χ0) is 28.0. The highest BCUT2D eigenvalue weighted by Crippen LogP contribution is 2.42. The molecule has 5 rings (SSSR count). The number of rotatable bonds is 5. The molecule has 10 heteroatoms. The van der Waals surface area contributed by atoms with E-state index in [-0.39, 0.29) is 16.1 Å². The molecule has 0 fully saturated rings. The van der Waals surface area contributed by atoms with Gasteiger partial charge in [0.2, 0.25) is 5.88 Å². The number of hydrogen-bond acceptors (Lipinski definition) is 5. The molecule has 200 valence electrons. The molecule has 8 nitrogen and oxygen atoms in total. The van der Waals surface area contributed by atoms with Gasteiger partial charge in [-0.2, -0.15) is 0 Å². The molecular weight excluding hydrogens is 523 g/mol. The zero-order valence-corrected chi connectivity index (χ0v) is 22.6. The van der Waals surface area contributed by atoms with Gasteiger partial charge >= 0.3 is 5.69 Å². The van der Waals surface area contributed by atoms with Crippen molar-refractivity contribution in [1.82, 2.24) is 14.1 Å². The van der Waals surface area contributed by atoms with Gasteiger partial charge in [-0.25, -0.2) is 14.2 Å². The van der Waals surface area contributed by atoms with E-state index in [1.54, 1.807) is 38.3 Å². The van der Waals surface area contributed by atoms with Crippen molar-refractivity contribution in [2.24, 2.45) is 14.1 Å². The highest BCUT2D eigenvalue weighted by Gasteiger charge is 2.23. The molecule has 39 heavy (non-hydrogen) atoms. The Kier molecular flexibility index (Phi) is 6.86. The SMILES string of the molecule is COc1nc(-c2ccc(F)c(-c3cccc(NC(=O)c4cn(C)c(=O)n(C)c4=O)c3C)c2Cl)cc2c1CCC2. The van der Waals surface area contributed by atoms with E-state index in [9.17, 15) is 14.4 Å². The maximum absolute atomic E-state index is 15.3. The van der Waals surface area contributed by atoms with Crippen molar-refractivity contribution < 1.29 is 13.9 Å². The second kappa shape index (κ2) is 10.1. The Balaban J connectivity index is 1.57. The lowest BCUT2D eigenvalue weighted by Gasteiger charge is -2.17. The molecule has 0 atom stereocenters. The molecule has 2 heterocycles. The summed E-state index contributed by atoms with van der Waals surface area (Å²) in [7, 11) is 4.33. The first-order valence-electron chi connectivity index (χ1n) is 12.4. The third kappa shape index (κ3) is 4.52. The number of aromatic nitrogens is 3. The molecule has 0 aliphatic heterocycles. The Bertz CT molecular complexity index is 1780. The van der Waals surface area contributed by atoms with Crippen LogP contribution in [0.2, 0.25) is 5.02 Å². The summed E-state index contributed by atoms with van der Waals surface area (Å²) >= 11 is 6.84. The number of carbonyl (C=O) groups is 1. The molecule has 1 amide bonds. The number of hydrogen-bond donors (Lipinski definition) is 1. The fraction of sp³-hybridized carbons (Fsp3) is 0.241. The highest BCUT2D eigenvalue weighted by molar-refractivity contribution is 6.36. The first kappa shape index (κ1) is 26.4. The minimum absolute atomic E-state index is 0.169. The molecule has 2 aromatic carbocycles. The van der Waals surface area contributed by atoms with Crippen LogP contribution >= 0.6 is 11.6 Å². The number of amides is 1. The molecule has 1 N–H and O–H groups in total. The molecule has 0 radical (unpaired) electrons. The second-order valence-corrected chi connectivity index (χ2v) is 9.90. The maximum atomic E-state index is 15.3. The minimum Gasteiger partial charge on any atom is -0.481 e. The quantitative estimate of drug-likeness (QED) is 0.391. The van der Waals surface area contributed by atoms with Crippen molar-refractivity contribution in [1.29, 1.82) is 0 Å². The summed E-state index contributed by atoms with van der Waals surface area (Å²) in [6, 6.07) is 9.94. The Morgan fingerprint density at radius 1 is 1.13 bits per heavy atom. The van der Waals surface area contributed by atoms with Gasteiger partial charge in [-0.05, 0) is 67.1 Å². The van der Waals surface area contributed by atoms with Crippen LogP contribution in [0.5, 0.6) is 5.88 Å². The van der Waals surface area contributed by atoms with Crippen molar-refractivity contribution in [3.05, 3.63) is 96.5 Å². The summed E-state index contributed by atoms with van der Waals surface area (Å²) in [4.78, 5) is 42.2. The van der Waals surface area contributed by atoms with Crippen molar-refractivity contribution in [3.8, 4) is 28.3 Å². The van der Waals surface area contributed by atoms with Crippen molar-refractivity contribution in [3.63, 3.8) is 0 Å². The van der Waals surface area contributed by atoms with Crippen LogP contribution in [0, 0.1) is 12.7 Å². The molecule has 1 aliphatic carbocycles. The zero-order valence-electron chi connectivity index (χ0n) is 21.9. The largest absolute Gasteiger partial charge is 0.481 e. The smallest absolute Gasteiger partial charge is 0.330 e. The summed E-state index contributed by atoms with van der Waals surface area (Å²) in [6.07, 6.45) is 4.02. The summed E-state index contributed by atoms with van der Waals surface area (Å²) in [5.41, 5.74) is 3.47. The summed E-state index contributed by atoms with van der Waals surface area (Å²) in [5.74, 6) is -0.677. The monoisotopic (exact) mass is 548 g/mol. The van der Waals surface area contributed by atoms with Crippen molar-refractivity contribution in [2.75, 3.05) is 12.4 Å². The standard InChI is InChI=1S/C29H26ClFN4O4/c1-15-17(8-6-10-22(15)32-26(36)20-14-34(2)29(38)35(3)28(20)37)24-21(31)12-11-19(25(24)30)23-13-16-7-5-9-18(16)27(33-23)39-4/h6,8,10-14H,5,7,9H2,1-4H3,(H,32,36). The predicted molar refractivity (Wildman–Crippen MR) is 148 cm³/mol. The number of benzene rings is 2. The van der Waals surface area contributed by atoms with Gasteiger partial charge in [-0.3, -0.25) is 14.2 Å². The maximum Gasteiger partial charge on any atom is 0.330 e. The van der Waals surface area contributed by atoms with Crippen molar-refractivity contribution in [2.45, 2.75) is 26.2 Å². The number of aryl methyl sites for hydroxylation is 2. The molecule has 1 aliphatic rings. The normalized spacial score (nSPS) is 12.4. The van der Waals surface area contributed by atoms with E-state index in [2.05, 4.69) is 10.3 Å². The first-order valence-corrected chi connectivity index (χ1v) is 12.7. The highest BCUT2D eigenvalue weighted by atomic mass is 35.5. The fourth-order valence-corrected chi connectivity index (χ4v) is 5.40. The van der Waals surface area contributed by atoms with Gasteiger partial charge in [-0.15, -0.1) is 0 Å². The van der Waals surface area contributed by atoms with Crippen LogP contribution in [0.4, 0.5) is 10.1 Å². The average molecular weight is 549 g/mol. The average Bonchev–Trinajstić information content (AvgIpc) is 3.40. The van der Waals surface area contributed by atoms with E-state index < -0.39 is 23.0 Å². The van der Waals surface area contributed by atoms with Crippen molar-refractivity contribution >= 4 is 23.2 Å². The lowest BCUT2D eigenvalue weighted by molar-refractivity contribution is 0.102. The Morgan fingerprint density at radius 3 is 2.64 bits per heavy atom. The third-order valence-electron chi connectivity index (χ3n) is 7.15. The number of methoxy groups -OCH3 is 1. The van der Waals surface area contributed by atoms with Crippen LogP contribution in [0.15, 0.2) is 52.2 Å². The van der Waals surface area contributed by atoms with Crippen LogP contribution in [0.3, 0.4) is 0 Å². The molecule has 0 bridgehead atoms. The topological polar surface area (TPSA) is 95.2 Å². The Labute approximate surface area is 228 Å². The lowest BCUT2D eigenvalue weighted by atomic mass is 9.95. The number of anilines is 1. The molecule has 0 unspecified atom stereocenters. The summed E-state index contributed by atoms with van der Waals surface area (Å²) in [6.45, 7) is 1.73. The van der Waals surface area contributed by atoms with E-state index in [0.717, 1.165) is 39.5 Å².